The molecule has 0 spiro atoms. The summed E-state index contributed by atoms with van der Waals surface area (Å²) in [5.41, 5.74) is 2.16. The summed E-state index contributed by atoms with van der Waals surface area (Å²) in [6.45, 7) is 7.02. The van der Waals surface area contributed by atoms with E-state index >= 15 is 0 Å². The lowest BCUT2D eigenvalue weighted by Gasteiger charge is -2.38. The molecule has 1 heterocycles. The summed E-state index contributed by atoms with van der Waals surface area (Å²) in [5.74, 6) is -3.80. The molecule has 1 aliphatic heterocycles. The molecule has 9 heteroatoms. The molecule has 0 unspecified atom stereocenters. The van der Waals surface area contributed by atoms with E-state index in [0.29, 0.717) is 23.4 Å². The lowest BCUT2D eigenvalue weighted by Crippen LogP contribution is -2.43. The van der Waals surface area contributed by atoms with Gasteiger partial charge in [-0.3, -0.25) is 9.59 Å². The third-order valence-electron chi connectivity index (χ3n) is 6.14. The first-order valence-electron chi connectivity index (χ1n) is 11.0. The van der Waals surface area contributed by atoms with Gasteiger partial charge in [-0.15, -0.1) is 0 Å². The summed E-state index contributed by atoms with van der Waals surface area (Å²) in [5, 5.41) is 13.6. The van der Waals surface area contributed by atoms with Gasteiger partial charge in [0.05, 0.1) is 33.0 Å². The molecule has 0 bridgehead atoms. The molecule has 9 nitrogen and oxygen atoms in total. The summed E-state index contributed by atoms with van der Waals surface area (Å²) in [4.78, 5) is 39.5. The van der Waals surface area contributed by atoms with Gasteiger partial charge in [0.15, 0.2) is 17.3 Å². The number of methoxy groups -OCH3 is 3. The van der Waals surface area contributed by atoms with Crippen molar-refractivity contribution in [2.24, 2.45) is 11.8 Å². The van der Waals surface area contributed by atoms with Crippen molar-refractivity contribution in [3.63, 3.8) is 0 Å². The van der Waals surface area contributed by atoms with Crippen LogP contribution in [0.5, 0.6) is 17.2 Å². The van der Waals surface area contributed by atoms with Crippen LogP contribution in [0.3, 0.4) is 0 Å². The zero-order chi connectivity index (χ0) is 25.3. The van der Waals surface area contributed by atoms with Crippen LogP contribution < -0.4 is 14.8 Å². The molecule has 34 heavy (non-hydrogen) atoms. The Morgan fingerprint density at radius 1 is 1.12 bits per heavy atom. The van der Waals surface area contributed by atoms with E-state index in [9.17, 15) is 19.5 Å². The van der Waals surface area contributed by atoms with Crippen LogP contribution in [0.1, 0.15) is 45.6 Å². The fraction of sp³-hybridized carbons (Fsp3) is 0.480. The Morgan fingerprint density at radius 3 is 2.21 bits per heavy atom. The summed E-state index contributed by atoms with van der Waals surface area (Å²) >= 11 is 0. The summed E-state index contributed by atoms with van der Waals surface area (Å²) in [6.07, 6.45) is 0.0192. The second-order valence-corrected chi connectivity index (χ2v) is 8.76. The number of ether oxygens (including phenoxy) is 4. The third kappa shape index (κ3) is 4.34. The SMILES string of the molecule is COC(=O)[C@H]1C(=O)C2=C(C[C@@H]1C)NC(C)=C(C(=O)OC(C)C)[C@@H]2c1cc(OC)c(O)c(OC)c1. The molecule has 184 valence electrons. The van der Waals surface area contributed by atoms with Gasteiger partial charge in [0.2, 0.25) is 5.75 Å². The van der Waals surface area contributed by atoms with Crippen molar-refractivity contribution in [2.75, 3.05) is 21.3 Å². The van der Waals surface area contributed by atoms with Crippen molar-refractivity contribution in [1.29, 1.82) is 0 Å². The van der Waals surface area contributed by atoms with E-state index in [1.165, 1.54) is 21.3 Å². The van der Waals surface area contributed by atoms with Crippen molar-refractivity contribution < 1.29 is 38.4 Å². The van der Waals surface area contributed by atoms with Crippen LogP contribution in [0.15, 0.2) is 34.7 Å². The number of esters is 2. The largest absolute Gasteiger partial charge is 0.502 e. The van der Waals surface area contributed by atoms with Gasteiger partial charge in [0.1, 0.15) is 5.92 Å². The van der Waals surface area contributed by atoms with Crippen LogP contribution in [0.25, 0.3) is 0 Å². The molecule has 0 radical (unpaired) electrons. The highest BCUT2D eigenvalue weighted by molar-refractivity contribution is 6.12. The van der Waals surface area contributed by atoms with Gasteiger partial charge in [-0.05, 0) is 50.8 Å². The third-order valence-corrected chi connectivity index (χ3v) is 6.14. The minimum absolute atomic E-state index is 0.116. The number of allylic oxidation sites excluding steroid dienone is 3. The smallest absolute Gasteiger partial charge is 0.337 e. The zero-order valence-electron chi connectivity index (χ0n) is 20.5. The van der Waals surface area contributed by atoms with Gasteiger partial charge in [-0.1, -0.05) is 6.92 Å². The minimum Gasteiger partial charge on any atom is -0.502 e. The second kappa shape index (κ2) is 9.79. The number of benzene rings is 1. The van der Waals surface area contributed by atoms with Gasteiger partial charge in [-0.2, -0.15) is 0 Å². The number of aromatic hydroxyl groups is 1. The van der Waals surface area contributed by atoms with Crippen LogP contribution in [0.2, 0.25) is 0 Å². The quantitative estimate of drug-likeness (QED) is 0.474. The maximum Gasteiger partial charge on any atom is 0.337 e. The van der Waals surface area contributed by atoms with Crippen LogP contribution in [0.4, 0.5) is 0 Å². The highest BCUT2D eigenvalue weighted by atomic mass is 16.5. The van der Waals surface area contributed by atoms with Gasteiger partial charge >= 0.3 is 11.9 Å². The standard InChI is InChI=1S/C25H31NO8/c1-11(2)34-25(30)19-13(4)26-15-8-12(3)18(24(29)33-7)23(28)21(15)20(19)14-9-16(31-5)22(27)17(10-14)32-6/h9-12,18,20,26-27H,8H2,1-7H3/t12-,18+,20-/m0/s1. The van der Waals surface area contributed by atoms with Crippen molar-refractivity contribution in [3.05, 3.63) is 40.2 Å². The first-order chi connectivity index (χ1) is 16.0. The molecule has 0 aromatic heterocycles. The number of hydrogen-bond donors (Lipinski definition) is 2. The van der Waals surface area contributed by atoms with Crippen LogP contribution >= 0.6 is 0 Å². The average molecular weight is 474 g/mol. The topological polar surface area (TPSA) is 120 Å². The molecule has 0 amide bonds. The fourth-order valence-corrected chi connectivity index (χ4v) is 4.64. The molecule has 1 aromatic carbocycles. The summed E-state index contributed by atoms with van der Waals surface area (Å²) in [7, 11) is 4.02. The van der Waals surface area contributed by atoms with Gasteiger partial charge in [0, 0.05) is 22.9 Å². The maximum absolute atomic E-state index is 13.7. The lowest BCUT2D eigenvalue weighted by molar-refractivity contribution is -0.151. The number of phenolic OH excluding ortho intramolecular Hbond substituents is 1. The first kappa shape index (κ1) is 25.1. The molecule has 1 aliphatic carbocycles. The predicted octanol–water partition coefficient (Wildman–Crippen LogP) is 2.97. The second-order valence-electron chi connectivity index (χ2n) is 8.76. The van der Waals surface area contributed by atoms with E-state index in [0.717, 1.165) is 0 Å². The summed E-state index contributed by atoms with van der Waals surface area (Å²) in [6, 6.07) is 3.10. The van der Waals surface area contributed by atoms with E-state index in [-0.39, 0.29) is 34.3 Å². The fourth-order valence-electron chi connectivity index (χ4n) is 4.64. The van der Waals surface area contributed by atoms with E-state index in [1.54, 1.807) is 32.9 Å². The molecular formula is C25H31NO8. The van der Waals surface area contributed by atoms with Gasteiger partial charge < -0.3 is 29.4 Å². The minimum atomic E-state index is -1.00. The van der Waals surface area contributed by atoms with Crippen LogP contribution in [-0.2, 0) is 23.9 Å². The van der Waals surface area contributed by atoms with Crippen molar-refractivity contribution in [2.45, 2.75) is 46.1 Å². The van der Waals surface area contributed by atoms with Gasteiger partial charge in [-0.25, -0.2) is 4.79 Å². The number of hydrogen-bond acceptors (Lipinski definition) is 9. The molecule has 0 fully saturated rings. The Morgan fingerprint density at radius 2 is 1.71 bits per heavy atom. The highest BCUT2D eigenvalue weighted by Gasteiger charge is 2.47. The molecule has 2 aliphatic rings. The molecule has 2 N–H and O–H groups in total. The van der Waals surface area contributed by atoms with E-state index in [2.05, 4.69) is 5.32 Å². The molecule has 0 saturated carbocycles. The first-order valence-corrected chi connectivity index (χ1v) is 11.0. The number of phenols is 1. The molecule has 1 aromatic rings. The van der Waals surface area contributed by atoms with Crippen molar-refractivity contribution >= 4 is 17.7 Å². The monoisotopic (exact) mass is 473 g/mol. The number of carbonyl (C=O) groups excluding carboxylic acids is 3. The Balaban J connectivity index is 2.28. The average Bonchev–Trinajstić information content (AvgIpc) is 2.77. The van der Waals surface area contributed by atoms with Gasteiger partial charge in [0.25, 0.3) is 0 Å². The Kier molecular flexibility index (Phi) is 7.24. The Bertz CT molecular complexity index is 1060. The van der Waals surface area contributed by atoms with Crippen molar-refractivity contribution in [3.8, 4) is 17.2 Å². The van der Waals surface area contributed by atoms with Crippen LogP contribution in [-0.4, -0.2) is 50.3 Å². The predicted molar refractivity (Wildman–Crippen MR) is 122 cm³/mol. The molecule has 3 rings (SSSR count). The number of rotatable bonds is 6. The zero-order valence-corrected chi connectivity index (χ0v) is 20.5. The number of carbonyl (C=O) groups is 3. The Labute approximate surface area is 198 Å². The maximum atomic E-state index is 13.7. The lowest BCUT2D eigenvalue weighted by atomic mass is 9.69. The molecule has 0 saturated heterocycles. The van der Waals surface area contributed by atoms with E-state index in [1.807, 2.05) is 6.92 Å². The van der Waals surface area contributed by atoms with Crippen molar-refractivity contribution in [1.82, 2.24) is 5.32 Å². The number of ketones is 1. The van der Waals surface area contributed by atoms with Crippen LogP contribution in [0, 0.1) is 11.8 Å². The summed E-state index contributed by atoms with van der Waals surface area (Å²) < 4.78 is 21.0. The van der Waals surface area contributed by atoms with E-state index in [4.69, 9.17) is 18.9 Å². The Hall–Kier alpha value is -3.49. The number of Topliss-reactive ketones (excluding diaryl/α,β-unsaturated/α-hetero) is 1. The number of nitrogens with one attached hydrogen (secondary N) is 1. The number of dihydropyridines is 1. The van der Waals surface area contributed by atoms with E-state index < -0.39 is 35.7 Å². The molecular weight excluding hydrogens is 442 g/mol. The normalized spacial score (nSPS) is 22.2. The molecule has 3 atom stereocenters. The highest BCUT2D eigenvalue weighted by Crippen LogP contribution is 2.48.